The van der Waals surface area contributed by atoms with Crippen molar-refractivity contribution in [3.05, 3.63) is 29.8 Å². The highest BCUT2D eigenvalue weighted by Gasteiger charge is 2.16. The average molecular weight is 248 g/mol. The molecule has 0 radical (unpaired) electrons. The van der Waals surface area contributed by atoms with Gasteiger partial charge in [-0.1, -0.05) is 25.1 Å². The first-order valence-electron chi connectivity index (χ1n) is 6.95. The Labute approximate surface area is 110 Å². The predicted octanol–water partition coefficient (Wildman–Crippen LogP) is 2.43. The van der Waals surface area contributed by atoms with Crippen LogP contribution >= 0.6 is 0 Å². The van der Waals surface area contributed by atoms with Gasteiger partial charge in [0.2, 0.25) is 0 Å². The number of benzene rings is 1. The Morgan fingerprint density at radius 3 is 3.00 bits per heavy atom. The van der Waals surface area contributed by atoms with E-state index in [4.69, 9.17) is 4.74 Å². The van der Waals surface area contributed by atoms with Crippen LogP contribution in [-0.4, -0.2) is 31.8 Å². The number of aryl methyl sites for hydroxylation is 1. The van der Waals surface area contributed by atoms with Crippen LogP contribution in [0.1, 0.15) is 25.8 Å². The van der Waals surface area contributed by atoms with E-state index in [9.17, 15) is 0 Å². The van der Waals surface area contributed by atoms with Crippen LogP contribution < -0.4 is 10.6 Å². The number of ether oxygens (including phenoxy) is 1. The van der Waals surface area contributed by atoms with Gasteiger partial charge in [-0.05, 0) is 31.4 Å². The maximum absolute atomic E-state index is 5.49. The van der Waals surface area contributed by atoms with Crippen LogP contribution in [0, 0.1) is 0 Å². The summed E-state index contributed by atoms with van der Waals surface area (Å²) in [6, 6.07) is 9.49. The van der Waals surface area contributed by atoms with Gasteiger partial charge in [-0.15, -0.1) is 0 Å². The van der Waals surface area contributed by atoms with Gasteiger partial charge in [-0.25, -0.2) is 0 Å². The molecular weight excluding hydrogens is 224 g/mol. The number of nitrogens with one attached hydrogen (secondary N) is 2. The molecule has 2 atom stereocenters. The molecule has 2 rings (SSSR count). The number of anilines is 1. The molecule has 1 aromatic rings. The molecule has 2 N–H and O–H groups in total. The zero-order chi connectivity index (χ0) is 12.8. The molecule has 1 aliphatic rings. The third-order valence-corrected chi connectivity index (χ3v) is 3.44. The van der Waals surface area contributed by atoms with Crippen LogP contribution in [0.3, 0.4) is 0 Å². The fraction of sp³-hybridized carbons (Fsp3) is 0.600. The summed E-state index contributed by atoms with van der Waals surface area (Å²) in [4.78, 5) is 0. The summed E-state index contributed by atoms with van der Waals surface area (Å²) in [5, 5.41) is 7.11. The van der Waals surface area contributed by atoms with E-state index >= 15 is 0 Å². The van der Waals surface area contributed by atoms with E-state index in [1.165, 1.54) is 11.3 Å². The van der Waals surface area contributed by atoms with Gasteiger partial charge in [0.1, 0.15) is 0 Å². The first-order valence-corrected chi connectivity index (χ1v) is 6.95. The highest BCUT2D eigenvalue weighted by molar-refractivity contribution is 5.51. The van der Waals surface area contributed by atoms with Crippen molar-refractivity contribution in [3.8, 4) is 0 Å². The van der Waals surface area contributed by atoms with Crippen molar-refractivity contribution < 1.29 is 4.74 Å². The third kappa shape index (κ3) is 3.72. The maximum Gasteiger partial charge on any atom is 0.0621 e. The summed E-state index contributed by atoms with van der Waals surface area (Å²) in [5.41, 5.74) is 2.65. The maximum atomic E-state index is 5.49. The van der Waals surface area contributed by atoms with Gasteiger partial charge in [0.15, 0.2) is 0 Å². The molecule has 18 heavy (non-hydrogen) atoms. The molecule has 1 aromatic carbocycles. The molecule has 0 aromatic heterocycles. The molecule has 1 saturated heterocycles. The van der Waals surface area contributed by atoms with Gasteiger partial charge in [-0.2, -0.15) is 0 Å². The van der Waals surface area contributed by atoms with Gasteiger partial charge in [0, 0.05) is 24.3 Å². The normalized spacial score (nSPS) is 21.6. The summed E-state index contributed by atoms with van der Waals surface area (Å²) < 4.78 is 5.49. The molecule has 100 valence electrons. The monoisotopic (exact) mass is 248 g/mol. The second-order valence-corrected chi connectivity index (χ2v) is 5.02. The van der Waals surface area contributed by atoms with E-state index in [0.29, 0.717) is 12.1 Å². The van der Waals surface area contributed by atoms with E-state index in [1.807, 2.05) is 0 Å². The van der Waals surface area contributed by atoms with Gasteiger partial charge in [-0.3, -0.25) is 0 Å². The Morgan fingerprint density at radius 2 is 2.28 bits per heavy atom. The Morgan fingerprint density at radius 1 is 1.44 bits per heavy atom. The van der Waals surface area contributed by atoms with Crippen molar-refractivity contribution in [3.63, 3.8) is 0 Å². The number of hydrogen-bond donors (Lipinski definition) is 2. The van der Waals surface area contributed by atoms with Crippen molar-refractivity contribution in [2.45, 2.75) is 38.8 Å². The van der Waals surface area contributed by atoms with E-state index < -0.39 is 0 Å². The number of morpholine rings is 1. The Balaban J connectivity index is 1.87. The zero-order valence-electron chi connectivity index (χ0n) is 11.4. The molecule has 0 amide bonds. The smallest absolute Gasteiger partial charge is 0.0621 e. The van der Waals surface area contributed by atoms with Crippen molar-refractivity contribution in [1.29, 1.82) is 0 Å². The molecule has 0 aliphatic carbocycles. The molecule has 1 heterocycles. The lowest BCUT2D eigenvalue weighted by Crippen LogP contribution is -2.43. The fourth-order valence-corrected chi connectivity index (χ4v) is 2.49. The fourth-order valence-electron chi connectivity index (χ4n) is 2.49. The van der Waals surface area contributed by atoms with Gasteiger partial charge < -0.3 is 15.4 Å². The highest BCUT2D eigenvalue weighted by atomic mass is 16.5. The lowest BCUT2D eigenvalue weighted by molar-refractivity contribution is 0.0731. The van der Waals surface area contributed by atoms with Crippen molar-refractivity contribution in [1.82, 2.24) is 5.32 Å². The summed E-state index contributed by atoms with van der Waals surface area (Å²) in [6.07, 6.45) is 2.17. The van der Waals surface area contributed by atoms with E-state index in [-0.39, 0.29) is 0 Å². The largest absolute Gasteiger partial charge is 0.382 e. The average Bonchev–Trinajstić information content (AvgIpc) is 2.40. The minimum Gasteiger partial charge on any atom is -0.382 e. The predicted molar refractivity (Wildman–Crippen MR) is 76.1 cm³/mol. The second-order valence-electron chi connectivity index (χ2n) is 5.02. The lowest BCUT2D eigenvalue weighted by Gasteiger charge is -2.27. The Bertz CT molecular complexity index is 361. The molecule has 0 saturated carbocycles. The van der Waals surface area contributed by atoms with Crippen molar-refractivity contribution in [2.24, 2.45) is 0 Å². The summed E-state index contributed by atoms with van der Waals surface area (Å²) in [7, 11) is 0. The quantitative estimate of drug-likeness (QED) is 0.839. The SMILES string of the molecule is CCc1ccccc1NC(C)CC1COCCN1. The molecule has 1 aliphatic heterocycles. The summed E-state index contributed by atoms with van der Waals surface area (Å²) >= 11 is 0. The van der Waals surface area contributed by atoms with Crippen LogP contribution in [0.15, 0.2) is 24.3 Å². The summed E-state index contributed by atoms with van der Waals surface area (Å²) in [5.74, 6) is 0. The van der Waals surface area contributed by atoms with E-state index in [0.717, 1.165) is 32.6 Å². The van der Waals surface area contributed by atoms with Gasteiger partial charge in [0.25, 0.3) is 0 Å². The number of para-hydroxylation sites is 1. The third-order valence-electron chi connectivity index (χ3n) is 3.44. The summed E-state index contributed by atoms with van der Waals surface area (Å²) in [6.45, 7) is 7.09. The molecular formula is C15H24N2O. The standard InChI is InChI=1S/C15H24N2O/c1-3-13-6-4-5-7-15(13)17-12(2)10-14-11-18-9-8-16-14/h4-7,12,14,16-17H,3,8-11H2,1-2H3. The molecule has 1 fully saturated rings. The lowest BCUT2D eigenvalue weighted by atomic mass is 10.1. The first-order chi connectivity index (χ1) is 8.79. The molecule has 0 spiro atoms. The van der Waals surface area contributed by atoms with E-state index in [1.54, 1.807) is 0 Å². The molecule has 3 nitrogen and oxygen atoms in total. The zero-order valence-corrected chi connectivity index (χ0v) is 11.4. The first kappa shape index (κ1) is 13.4. The topological polar surface area (TPSA) is 33.3 Å². The van der Waals surface area contributed by atoms with Crippen LogP contribution in [0.25, 0.3) is 0 Å². The molecule has 0 bridgehead atoms. The Kier molecular flexibility index (Phi) is 5.02. The van der Waals surface area contributed by atoms with Gasteiger partial charge in [0.05, 0.1) is 13.2 Å². The highest BCUT2D eigenvalue weighted by Crippen LogP contribution is 2.17. The van der Waals surface area contributed by atoms with Crippen LogP contribution in [-0.2, 0) is 11.2 Å². The van der Waals surface area contributed by atoms with Crippen LogP contribution in [0.5, 0.6) is 0 Å². The number of hydrogen-bond acceptors (Lipinski definition) is 3. The van der Waals surface area contributed by atoms with Gasteiger partial charge >= 0.3 is 0 Å². The molecule has 2 unspecified atom stereocenters. The minimum absolute atomic E-state index is 0.455. The van der Waals surface area contributed by atoms with Crippen molar-refractivity contribution >= 4 is 5.69 Å². The molecule has 3 heteroatoms. The van der Waals surface area contributed by atoms with Crippen LogP contribution in [0.4, 0.5) is 5.69 Å². The minimum atomic E-state index is 0.455. The van der Waals surface area contributed by atoms with Crippen LogP contribution in [0.2, 0.25) is 0 Å². The Hall–Kier alpha value is -1.06. The second kappa shape index (κ2) is 6.76. The van der Waals surface area contributed by atoms with Crippen molar-refractivity contribution in [2.75, 3.05) is 25.1 Å². The van der Waals surface area contributed by atoms with E-state index in [2.05, 4.69) is 48.7 Å². The number of rotatable bonds is 5.